The van der Waals surface area contributed by atoms with Crippen molar-refractivity contribution in [3.63, 3.8) is 0 Å². The van der Waals surface area contributed by atoms with Crippen LogP contribution in [0.5, 0.6) is 0 Å². The van der Waals surface area contributed by atoms with Crippen LogP contribution in [-0.4, -0.2) is 35.7 Å². The van der Waals surface area contributed by atoms with Crippen LogP contribution in [0.25, 0.3) is 0 Å². The van der Waals surface area contributed by atoms with Crippen LogP contribution in [0.3, 0.4) is 0 Å². The lowest BCUT2D eigenvalue weighted by atomic mass is 10.0. The number of hydrogen-bond donors (Lipinski definition) is 2. The van der Waals surface area contributed by atoms with E-state index < -0.39 is 0 Å². The Morgan fingerprint density at radius 2 is 2.24 bits per heavy atom. The average Bonchev–Trinajstić information content (AvgIpc) is 2.48. The summed E-state index contributed by atoms with van der Waals surface area (Å²) in [6.45, 7) is 4.81. The van der Waals surface area contributed by atoms with Gasteiger partial charge in [-0.15, -0.1) is 0 Å². The molecule has 0 saturated carbocycles. The van der Waals surface area contributed by atoms with E-state index in [0.29, 0.717) is 23.8 Å². The van der Waals surface area contributed by atoms with Gasteiger partial charge in [-0.25, -0.2) is 0 Å². The predicted octanol–water partition coefficient (Wildman–Crippen LogP) is 2.60. The van der Waals surface area contributed by atoms with Gasteiger partial charge in [0.15, 0.2) is 0 Å². The first-order valence-electron chi connectivity index (χ1n) is 7.10. The lowest BCUT2D eigenvalue weighted by Gasteiger charge is -2.10. The molecule has 1 unspecified atom stereocenters. The number of rotatable bonds is 6. The van der Waals surface area contributed by atoms with Crippen LogP contribution in [0.4, 0.5) is 0 Å². The maximum absolute atomic E-state index is 12.2. The van der Waals surface area contributed by atoms with Gasteiger partial charge < -0.3 is 10.4 Å². The summed E-state index contributed by atoms with van der Waals surface area (Å²) in [7, 11) is 0. The average molecular weight is 305 g/mol. The van der Waals surface area contributed by atoms with Crippen molar-refractivity contribution in [3.8, 4) is 11.8 Å². The van der Waals surface area contributed by atoms with Crippen LogP contribution in [-0.2, 0) is 0 Å². The number of nitrogens with one attached hydrogen (secondary N) is 1. The second kappa shape index (κ2) is 9.49. The molecule has 0 fully saturated rings. The van der Waals surface area contributed by atoms with Crippen LogP contribution in [0.2, 0.25) is 0 Å². The fraction of sp³-hybridized carbons (Fsp3) is 0.471. The van der Waals surface area contributed by atoms with Crippen LogP contribution < -0.4 is 5.32 Å². The Hall–Kier alpha value is -1.44. The Morgan fingerprint density at radius 3 is 2.90 bits per heavy atom. The number of carbonyl (C=O) groups is 1. The van der Waals surface area contributed by atoms with E-state index in [2.05, 4.69) is 30.3 Å². The minimum Gasteiger partial charge on any atom is -0.395 e. The molecule has 1 amide bonds. The minimum atomic E-state index is -0.0494. The van der Waals surface area contributed by atoms with Crippen molar-refractivity contribution in [3.05, 3.63) is 34.9 Å². The first kappa shape index (κ1) is 17.6. The zero-order valence-electron chi connectivity index (χ0n) is 12.9. The molecule has 0 aromatic heterocycles. The molecule has 1 rings (SSSR count). The Labute approximate surface area is 131 Å². The zero-order valence-corrected chi connectivity index (χ0v) is 13.7. The normalized spacial score (nSPS) is 11.4. The van der Waals surface area contributed by atoms with Crippen molar-refractivity contribution in [1.29, 1.82) is 0 Å². The van der Waals surface area contributed by atoms with E-state index in [9.17, 15) is 4.79 Å². The molecule has 1 atom stereocenters. The van der Waals surface area contributed by atoms with Crippen LogP contribution in [0.1, 0.15) is 41.3 Å². The number of benzene rings is 1. The Balaban J connectivity index is 2.70. The standard InChI is InChI=1S/C17H23NO2S/c1-13-7-8-15(6-4-5-11-19)12-16(13)17(20)18-10-9-14(2)21-3/h7-8,12,14,19H,5,9-11H2,1-3H3,(H,18,20). The third kappa shape index (κ3) is 6.24. The highest BCUT2D eigenvalue weighted by Crippen LogP contribution is 2.12. The lowest BCUT2D eigenvalue weighted by Crippen LogP contribution is -2.26. The quantitative estimate of drug-likeness (QED) is 0.794. The third-order valence-corrected chi connectivity index (χ3v) is 4.23. The Bertz CT molecular complexity index is 531. The SMILES string of the molecule is CSC(C)CCNC(=O)c1cc(C#CCCO)ccc1C. The van der Waals surface area contributed by atoms with Gasteiger partial charge in [-0.1, -0.05) is 24.8 Å². The molecule has 0 radical (unpaired) electrons. The highest BCUT2D eigenvalue weighted by atomic mass is 32.2. The van der Waals surface area contributed by atoms with E-state index in [0.717, 1.165) is 17.5 Å². The van der Waals surface area contributed by atoms with Gasteiger partial charge in [-0.3, -0.25) is 4.79 Å². The summed E-state index contributed by atoms with van der Waals surface area (Å²) in [4.78, 5) is 12.2. The number of aryl methyl sites for hydroxylation is 1. The van der Waals surface area contributed by atoms with Gasteiger partial charge in [0.25, 0.3) is 5.91 Å². The summed E-state index contributed by atoms with van der Waals surface area (Å²) in [5.74, 6) is 5.78. The summed E-state index contributed by atoms with van der Waals surface area (Å²) in [6, 6.07) is 5.61. The number of aliphatic hydroxyl groups excluding tert-OH is 1. The lowest BCUT2D eigenvalue weighted by molar-refractivity contribution is 0.0952. The van der Waals surface area contributed by atoms with Gasteiger partial charge >= 0.3 is 0 Å². The molecule has 0 aliphatic rings. The van der Waals surface area contributed by atoms with Gasteiger partial charge in [-0.2, -0.15) is 11.8 Å². The molecule has 0 spiro atoms. The number of carbonyl (C=O) groups excluding carboxylic acids is 1. The molecule has 3 nitrogen and oxygen atoms in total. The predicted molar refractivity (Wildman–Crippen MR) is 89.7 cm³/mol. The molecule has 2 N–H and O–H groups in total. The van der Waals surface area contributed by atoms with Crippen molar-refractivity contribution in [2.75, 3.05) is 19.4 Å². The van der Waals surface area contributed by atoms with E-state index in [1.54, 1.807) is 11.8 Å². The highest BCUT2D eigenvalue weighted by Gasteiger charge is 2.09. The summed E-state index contributed by atoms with van der Waals surface area (Å²) in [5.41, 5.74) is 2.41. The fourth-order valence-corrected chi connectivity index (χ4v) is 2.12. The highest BCUT2D eigenvalue weighted by molar-refractivity contribution is 7.99. The molecule has 114 valence electrons. The number of hydrogen-bond acceptors (Lipinski definition) is 3. The molecule has 21 heavy (non-hydrogen) atoms. The Kier molecular flexibility index (Phi) is 7.96. The van der Waals surface area contributed by atoms with Crippen molar-refractivity contribution in [2.45, 2.75) is 31.9 Å². The molecular formula is C17H23NO2S. The molecule has 1 aromatic rings. The van der Waals surface area contributed by atoms with Crippen molar-refractivity contribution in [1.82, 2.24) is 5.32 Å². The van der Waals surface area contributed by atoms with E-state index in [-0.39, 0.29) is 12.5 Å². The Morgan fingerprint density at radius 1 is 1.48 bits per heavy atom. The molecular weight excluding hydrogens is 282 g/mol. The molecule has 0 heterocycles. The van der Waals surface area contributed by atoms with E-state index in [4.69, 9.17) is 5.11 Å². The van der Waals surface area contributed by atoms with Gasteiger partial charge in [-0.05, 0) is 37.3 Å². The summed E-state index contributed by atoms with van der Waals surface area (Å²) in [6.07, 6.45) is 3.48. The second-order valence-corrected chi connectivity index (χ2v) is 6.17. The molecule has 0 aliphatic heterocycles. The van der Waals surface area contributed by atoms with Crippen molar-refractivity contribution < 1.29 is 9.90 Å². The second-order valence-electron chi connectivity index (χ2n) is 4.90. The third-order valence-electron chi connectivity index (χ3n) is 3.19. The van der Waals surface area contributed by atoms with E-state index >= 15 is 0 Å². The summed E-state index contributed by atoms with van der Waals surface area (Å²) >= 11 is 1.80. The molecule has 4 heteroatoms. The first-order valence-corrected chi connectivity index (χ1v) is 8.38. The maximum atomic E-state index is 12.2. The number of aliphatic hydroxyl groups is 1. The zero-order chi connectivity index (χ0) is 15.7. The first-order chi connectivity index (χ1) is 10.1. The van der Waals surface area contributed by atoms with Crippen LogP contribution >= 0.6 is 11.8 Å². The summed E-state index contributed by atoms with van der Waals surface area (Å²) in [5, 5.41) is 12.2. The fourth-order valence-electron chi connectivity index (χ4n) is 1.77. The van der Waals surface area contributed by atoms with Crippen LogP contribution in [0.15, 0.2) is 18.2 Å². The van der Waals surface area contributed by atoms with E-state index in [1.165, 1.54) is 0 Å². The number of amides is 1. The van der Waals surface area contributed by atoms with E-state index in [1.807, 2.05) is 25.1 Å². The monoisotopic (exact) mass is 305 g/mol. The molecule has 1 aromatic carbocycles. The largest absolute Gasteiger partial charge is 0.395 e. The smallest absolute Gasteiger partial charge is 0.251 e. The summed E-state index contributed by atoms with van der Waals surface area (Å²) < 4.78 is 0. The van der Waals surface area contributed by atoms with Gasteiger partial charge in [0.2, 0.25) is 0 Å². The molecule has 0 bridgehead atoms. The molecule has 0 saturated heterocycles. The van der Waals surface area contributed by atoms with Crippen molar-refractivity contribution >= 4 is 17.7 Å². The minimum absolute atomic E-state index is 0.0494. The van der Waals surface area contributed by atoms with Gasteiger partial charge in [0.1, 0.15) is 0 Å². The van der Waals surface area contributed by atoms with Crippen molar-refractivity contribution in [2.24, 2.45) is 0 Å². The molecule has 0 aliphatic carbocycles. The number of thioether (sulfide) groups is 1. The maximum Gasteiger partial charge on any atom is 0.251 e. The topological polar surface area (TPSA) is 49.3 Å². The van der Waals surface area contributed by atoms with Crippen LogP contribution in [0, 0.1) is 18.8 Å². The van der Waals surface area contributed by atoms with Gasteiger partial charge in [0.05, 0.1) is 6.61 Å². The van der Waals surface area contributed by atoms with Gasteiger partial charge in [0, 0.05) is 29.3 Å².